The van der Waals surface area contributed by atoms with Crippen LogP contribution in [-0.2, 0) is 9.53 Å². The van der Waals surface area contributed by atoms with Gasteiger partial charge >= 0.3 is 5.97 Å². The average molecular weight is 372 g/mol. The normalized spacial score (nSPS) is 9.64. The van der Waals surface area contributed by atoms with Gasteiger partial charge in [0.05, 0.1) is 7.11 Å². The third-order valence-corrected chi connectivity index (χ3v) is 2.52. The molecule has 0 saturated carbocycles. The molecule has 0 aliphatic rings. The van der Waals surface area contributed by atoms with Crippen molar-refractivity contribution in [1.29, 1.82) is 0 Å². The predicted octanol–water partition coefficient (Wildman–Crippen LogP) is 2.00. The van der Waals surface area contributed by atoms with Gasteiger partial charge in [0.2, 0.25) is 0 Å². The number of esters is 1. The molecular formula is C8H7BrINO3. The van der Waals surface area contributed by atoms with Crippen molar-refractivity contribution < 1.29 is 14.3 Å². The van der Waals surface area contributed by atoms with E-state index in [2.05, 4.69) is 48.2 Å². The first-order chi connectivity index (χ1) is 6.63. The number of halogens is 2. The Kier molecular flexibility index (Phi) is 4.59. The van der Waals surface area contributed by atoms with E-state index in [1.54, 1.807) is 12.1 Å². The molecule has 0 fully saturated rings. The molecule has 4 nitrogen and oxygen atoms in total. The first kappa shape index (κ1) is 11.7. The molecule has 0 radical (unpaired) electrons. The van der Waals surface area contributed by atoms with Gasteiger partial charge in [0.1, 0.15) is 8.30 Å². The number of rotatable bonds is 3. The molecule has 0 aromatic carbocycles. The number of pyridine rings is 1. The van der Waals surface area contributed by atoms with Gasteiger partial charge in [0.15, 0.2) is 12.4 Å². The van der Waals surface area contributed by atoms with Crippen LogP contribution in [0.5, 0.6) is 5.75 Å². The lowest BCUT2D eigenvalue weighted by molar-refractivity contribution is -0.142. The molecule has 0 atom stereocenters. The molecule has 6 heteroatoms. The van der Waals surface area contributed by atoms with E-state index in [0.717, 1.165) is 3.70 Å². The van der Waals surface area contributed by atoms with E-state index in [1.807, 2.05) is 0 Å². The number of hydrogen-bond donors (Lipinski definition) is 0. The van der Waals surface area contributed by atoms with E-state index in [1.165, 1.54) is 7.11 Å². The SMILES string of the molecule is COC(=O)COc1ccc(I)nc1Br. The second-order valence-corrected chi connectivity index (χ2v) is 4.14. The summed E-state index contributed by atoms with van der Waals surface area (Å²) in [5.41, 5.74) is 0. The topological polar surface area (TPSA) is 48.4 Å². The van der Waals surface area contributed by atoms with Crippen LogP contribution in [-0.4, -0.2) is 24.7 Å². The Bertz CT molecular complexity index is 345. The zero-order valence-electron chi connectivity index (χ0n) is 7.29. The van der Waals surface area contributed by atoms with E-state index < -0.39 is 5.97 Å². The Morgan fingerprint density at radius 1 is 1.64 bits per heavy atom. The number of methoxy groups -OCH3 is 1. The molecule has 0 amide bonds. The lowest BCUT2D eigenvalue weighted by Gasteiger charge is -2.05. The molecule has 76 valence electrons. The zero-order valence-corrected chi connectivity index (χ0v) is 11.0. The van der Waals surface area contributed by atoms with Crippen LogP contribution in [0, 0.1) is 3.70 Å². The molecule has 0 spiro atoms. The summed E-state index contributed by atoms with van der Waals surface area (Å²) in [4.78, 5) is 14.9. The molecular weight excluding hydrogens is 365 g/mol. The van der Waals surface area contributed by atoms with Crippen molar-refractivity contribution in [2.45, 2.75) is 0 Å². The molecule has 0 saturated heterocycles. The molecule has 1 rings (SSSR count). The van der Waals surface area contributed by atoms with Crippen LogP contribution in [0.1, 0.15) is 0 Å². The maximum atomic E-state index is 10.8. The maximum absolute atomic E-state index is 10.8. The van der Waals surface area contributed by atoms with Crippen molar-refractivity contribution in [2.75, 3.05) is 13.7 Å². The van der Waals surface area contributed by atoms with Crippen LogP contribution in [0.3, 0.4) is 0 Å². The molecule has 0 unspecified atom stereocenters. The van der Waals surface area contributed by atoms with Crippen LogP contribution in [0.2, 0.25) is 0 Å². The monoisotopic (exact) mass is 371 g/mol. The van der Waals surface area contributed by atoms with E-state index in [0.29, 0.717) is 10.4 Å². The van der Waals surface area contributed by atoms with Crippen LogP contribution in [0.25, 0.3) is 0 Å². The van der Waals surface area contributed by atoms with Crippen molar-refractivity contribution in [2.24, 2.45) is 0 Å². The minimum atomic E-state index is -0.421. The fourth-order valence-electron chi connectivity index (χ4n) is 0.703. The lowest BCUT2D eigenvalue weighted by Crippen LogP contribution is -2.12. The molecule has 0 bridgehead atoms. The van der Waals surface area contributed by atoms with Gasteiger partial charge in [-0.05, 0) is 50.7 Å². The van der Waals surface area contributed by atoms with Gasteiger partial charge in [0, 0.05) is 0 Å². The van der Waals surface area contributed by atoms with E-state index in [9.17, 15) is 4.79 Å². The van der Waals surface area contributed by atoms with E-state index in [-0.39, 0.29) is 6.61 Å². The molecule has 1 aromatic rings. The Labute approximate surface area is 103 Å². The van der Waals surface area contributed by atoms with Gasteiger partial charge in [-0.1, -0.05) is 0 Å². The fourth-order valence-corrected chi connectivity index (χ4v) is 1.89. The Morgan fingerprint density at radius 2 is 2.36 bits per heavy atom. The van der Waals surface area contributed by atoms with Gasteiger partial charge in [-0.15, -0.1) is 0 Å². The van der Waals surface area contributed by atoms with E-state index in [4.69, 9.17) is 4.74 Å². The first-order valence-electron chi connectivity index (χ1n) is 3.65. The summed E-state index contributed by atoms with van der Waals surface area (Å²) in [5, 5.41) is 0. The van der Waals surface area contributed by atoms with Crippen LogP contribution in [0.4, 0.5) is 0 Å². The van der Waals surface area contributed by atoms with Crippen LogP contribution >= 0.6 is 38.5 Å². The fraction of sp³-hybridized carbons (Fsp3) is 0.250. The van der Waals surface area contributed by atoms with Crippen molar-refractivity contribution >= 4 is 44.5 Å². The quantitative estimate of drug-likeness (QED) is 0.463. The highest BCUT2D eigenvalue weighted by Gasteiger charge is 2.06. The molecule has 0 aliphatic heterocycles. The summed E-state index contributed by atoms with van der Waals surface area (Å²) in [6.45, 7) is -0.114. The standard InChI is InChI=1S/C8H7BrINO3/c1-13-7(12)4-14-5-2-3-6(10)11-8(5)9/h2-3H,4H2,1H3. The number of carbonyl (C=O) groups excluding carboxylic acids is 1. The Morgan fingerprint density at radius 3 is 2.93 bits per heavy atom. The predicted molar refractivity (Wildman–Crippen MR) is 62.2 cm³/mol. The molecule has 1 aromatic heterocycles. The second-order valence-electron chi connectivity index (χ2n) is 2.29. The number of nitrogens with zero attached hydrogens (tertiary/aromatic N) is 1. The highest BCUT2D eigenvalue weighted by Crippen LogP contribution is 2.23. The molecule has 14 heavy (non-hydrogen) atoms. The first-order valence-corrected chi connectivity index (χ1v) is 5.52. The number of ether oxygens (including phenoxy) is 2. The van der Waals surface area contributed by atoms with Crippen molar-refractivity contribution in [3.63, 3.8) is 0 Å². The summed E-state index contributed by atoms with van der Waals surface area (Å²) >= 11 is 5.31. The highest BCUT2D eigenvalue weighted by atomic mass is 127. The van der Waals surface area contributed by atoms with Crippen molar-refractivity contribution in [3.8, 4) is 5.75 Å². The maximum Gasteiger partial charge on any atom is 0.343 e. The minimum Gasteiger partial charge on any atom is -0.479 e. The number of aromatic nitrogens is 1. The smallest absolute Gasteiger partial charge is 0.343 e. The highest BCUT2D eigenvalue weighted by molar-refractivity contribution is 14.1. The van der Waals surface area contributed by atoms with Crippen molar-refractivity contribution in [3.05, 3.63) is 20.4 Å². The summed E-state index contributed by atoms with van der Waals surface area (Å²) in [7, 11) is 1.31. The average Bonchev–Trinajstić information content (AvgIpc) is 2.16. The van der Waals surface area contributed by atoms with Crippen molar-refractivity contribution in [1.82, 2.24) is 4.98 Å². The Balaban J connectivity index is 2.63. The van der Waals surface area contributed by atoms with Gasteiger partial charge < -0.3 is 9.47 Å². The number of carbonyl (C=O) groups is 1. The summed E-state index contributed by atoms with van der Waals surface area (Å²) in [5.74, 6) is 0.103. The lowest BCUT2D eigenvalue weighted by atomic mass is 10.5. The zero-order chi connectivity index (χ0) is 10.6. The van der Waals surface area contributed by atoms with Crippen LogP contribution < -0.4 is 4.74 Å². The van der Waals surface area contributed by atoms with Gasteiger partial charge in [-0.3, -0.25) is 0 Å². The third kappa shape index (κ3) is 3.41. The third-order valence-electron chi connectivity index (χ3n) is 1.35. The van der Waals surface area contributed by atoms with E-state index >= 15 is 0 Å². The molecule has 0 aliphatic carbocycles. The number of hydrogen-bond acceptors (Lipinski definition) is 4. The Hall–Kier alpha value is -0.370. The summed E-state index contributed by atoms with van der Waals surface area (Å²) in [6.07, 6.45) is 0. The van der Waals surface area contributed by atoms with Gasteiger partial charge in [0.25, 0.3) is 0 Å². The second kappa shape index (κ2) is 5.50. The molecule has 1 heterocycles. The largest absolute Gasteiger partial charge is 0.479 e. The summed E-state index contributed by atoms with van der Waals surface area (Å²) in [6, 6.07) is 3.53. The van der Waals surface area contributed by atoms with Gasteiger partial charge in [-0.2, -0.15) is 0 Å². The minimum absolute atomic E-state index is 0.114. The van der Waals surface area contributed by atoms with Crippen LogP contribution in [0.15, 0.2) is 16.7 Å². The van der Waals surface area contributed by atoms with Gasteiger partial charge in [-0.25, -0.2) is 9.78 Å². The molecule has 0 N–H and O–H groups in total. The summed E-state index contributed by atoms with van der Waals surface area (Å²) < 4.78 is 11.0.